The molecule has 2 aromatic heterocycles. The van der Waals surface area contributed by atoms with E-state index in [4.69, 9.17) is 4.74 Å². The molecule has 3 rings (SSSR count). The van der Waals surface area contributed by atoms with E-state index in [0.717, 1.165) is 36.1 Å². The van der Waals surface area contributed by atoms with Crippen molar-refractivity contribution in [3.8, 4) is 0 Å². The number of amides is 1. The van der Waals surface area contributed by atoms with Crippen molar-refractivity contribution < 1.29 is 9.53 Å². The van der Waals surface area contributed by atoms with Gasteiger partial charge < -0.3 is 15.0 Å². The molecule has 1 fully saturated rings. The SMILES string of the molecule is Cc1cc(N2CCOCC2)nc(CNC(=O)c2snnc2C)n1. The van der Waals surface area contributed by atoms with E-state index < -0.39 is 0 Å². The van der Waals surface area contributed by atoms with Gasteiger partial charge >= 0.3 is 0 Å². The number of ether oxygens (including phenoxy) is 1. The predicted molar refractivity (Wildman–Crippen MR) is 85.6 cm³/mol. The third-order valence-corrected chi connectivity index (χ3v) is 4.31. The Bertz CT molecular complexity index is 698. The zero-order valence-electron chi connectivity index (χ0n) is 13.1. The van der Waals surface area contributed by atoms with Crippen molar-refractivity contribution in [3.63, 3.8) is 0 Å². The van der Waals surface area contributed by atoms with E-state index in [1.165, 1.54) is 0 Å². The number of carbonyl (C=O) groups is 1. The summed E-state index contributed by atoms with van der Waals surface area (Å²) in [6.45, 7) is 6.99. The number of morpholine rings is 1. The molecular formula is C14H18N6O2S. The van der Waals surface area contributed by atoms with Gasteiger partial charge in [0.1, 0.15) is 16.5 Å². The molecule has 0 unspecified atom stereocenters. The predicted octanol–water partition coefficient (Wildman–Crippen LogP) is 0.712. The van der Waals surface area contributed by atoms with E-state index in [-0.39, 0.29) is 12.5 Å². The van der Waals surface area contributed by atoms with Gasteiger partial charge in [-0.2, -0.15) is 0 Å². The highest BCUT2D eigenvalue weighted by atomic mass is 32.1. The maximum absolute atomic E-state index is 12.1. The zero-order valence-corrected chi connectivity index (χ0v) is 13.9. The number of aromatic nitrogens is 4. The average Bonchev–Trinajstić information content (AvgIpc) is 2.99. The number of rotatable bonds is 4. The normalized spacial score (nSPS) is 14.8. The highest BCUT2D eigenvalue weighted by Crippen LogP contribution is 2.14. The molecule has 122 valence electrons. The van der Waals surface area contributed by atoms with Crippen molar-refractivity contribution >= 4 is 23.3 Å². The van der Waals surface area contributed by atoms with Gasteiger partial charge in [-0.1, -0.05) is 4.49 Å². The first kappa shape index (κ1) is 15.8. The molecule has 1 aliphatic heterocycles. The third-order valence-electron chi connectivity index (χ3n) is 3.49. The minimum Gasteiger partial charge on any atom is -0.378 e. The molecule has 9 heteroatoms. The van der Waals surface area contributed by atoms with Crippen LogP contribution in [0.5, 0.6) is 0 Å². The van der Waals surface area contributed by atoms with Gasteiger partial charge in [0.25, 0.3) is 5.91 Å². The number of nitrogens with zero attached hydrogens (tertiary/aromatic N) is 5. The Balaban J connectivity index is 1.69. The van der Waals surface area contributed by atoms with E-state index in [1.807, 2.05) is 13.0 Å². The number of nitrogens with one attached hydrogen (secondary N) is 1. The Morgan fingerprint density at radius 1 is 1.35 bits per heavy atom. The summed E-state index contributed by atoms with van der Waals surface area (Å²) in [6, 6.07) is 1.95. The molecule has 2 aromatic rings. The van der Waals surface area contributed by atoms with Crippen LogP contribution in [0.15, 0.2) is 6.07 Å². The van der Waals surface area contributed by atoms with E-state index >= 15 is 0 Å². The molecule has 0 radical (unpaired) electrons. The molecule has 0 aliphatic carbocycles. The van der Waals surface area contributed by atoms with Gasteiger partial charge in [0.2, 0.25) is 0 Å². The Morgan fingerprint density at radius 3 is 2.83 bits per heavy atom. The third kappa shape index (κ3) is 3.80. The van der Waals surface area contributed by atoms with Crippen molar-refractivity contribution in [2.45, 2.75) is 20.4 Å². The molecule has 0 atom stereocenters. The Kier molecular flexibility index (Phi) is 4.77. The fourth-order valence-corrected chi connectivity index (χ4v) is 2.90. The molecule has 0 aromatic carbocycles. The molecule has 1 aliphatic rings. The lowest BCUT2D eigenvalue weighted by Gasteiger charge is -2.28. The van der Waals surface area contributed by atoms with Crippen LogP contribution in [0, 0.1) is 13.8 Å². The highest BCUT2D eigenvalue weighted by molar-refractivity contribution is 7.07. The van der Waals surface area contributed by atoms with Gasteiger partial charge in [0.05, 0.1) is 25.5 Å². The summed E-state index contributed by atoms with van der Waals surface area (Å²) in [5.74, 6) is 1.27. The Morgan fingerprint density at radius 2 is 2.13 bits per heavy atom. The van der Waals surface area contributed by atoms with E-state index in [0.29, 0.717) is 29.6 Å². The second-order valence-electron chi connectivity index (χ2n) is 5.25. The minimum absolute atomic E-state index is 0.199. The monoisotopic (exact) mass is 334 g/mol. The van der Waals surface area contributed by atoms with Gasteiger partial charge in [-0.3, -0.25) is 4.79 Å². The Labute approximate surface area is 138 Å². The van der Waals surface area contributed by atoms with Gasteiger partial charge in [-0.05, 0) is 25.4 Å². The van der Waals surface area contributed by atoms with Gasteiger partial charge in [-0.15, -0.1) is 5.10 Å². The second-order valence-corrected chi connectivity index (χ2v) is 6.01. The zero-order chi connectivity index (χ0) is 16.2. The van der Waals surface area contributed by atoms with E-state index in [9.17, 15) is 4.79 Å². The van der Waals surface area contributed by atoms with E-state index in [1.54, 1.807) is 6.92 Å². The summed E-state index contributed by atoms with van der Waals surface area (Å²) in [6.07, 6.45) is 0. The van der Waals surface area contributed by atoms with Crippen molar-refractivity contribution in [3.05, 3.63) is 28.2 Å². The molecule has 3 heterocycles. The highest BCUT2D eigenvalue weighted by Gasteiger charge is 2.16. The summed E-state index contributed by atoms with van der Waals surface area (Å²) in [7, 11) is 0. The van der Waals surface area contributed by atoms with Crippen molar-refractivity contribution in [2.24, 2.45) is 0 Å². The van der Waals surface area contributed by atoms with Gasteiger partial charge in [0.15, 0.2) is 0 Å². The van der Waals surface area contributed by atoms with Crippen molar-refractivity contribution in [1.29, 1.82) is 0 Å². The smallest absolute Gasteiger partial charge is 0.265 e. The molecular weight excluding hydrogens is 316 g/mol. The first-order chi connectivity index (χ1) is 11.1. The number of aryl methyl sites for hydroxylation is 2. The van der Waals surface area contributed by atoms with Crippen LogP contribution in [0.3, 0.4) is 0 Å². The molecule has 1 N–H and O–H groups in total. The van der Waals surface area contributed by atoms with Crippen LogP contribution in [-0.2, 0) is 11.3 Å². The largest absolute Gasteiger partial charge is 0.378 e. The summed E-state index contributed by atoms with van der Waals surface area (Å²) in [5, 5.41) is 6.66. The van der Waals surface area contributed by atoms with Crippen LogP contribution in [0.25, 0.3) is 0 Å². The summed E-state index contributed by atoms with van der Waals surface area (Å²) >= 11 is 1.09. The lowest BCUT2D eigenvalue weighted by atomic mass is 10.3. The average molecular weight is 334 g/mol. The van der Waals surface area contributed by atoms with Crippen LogP contribution < -0.4 is 10.2 Å². The molecule has 23 heavy (non-hydrogen) atoms. The first-order valence-corrected chi connectivity index (χ1v) is 8.15. The number of hydrogen-bond donors (Lipinski definition) is 1. The summed E-state index contributed by atoms with van der Waals surface area (Å²) in [5.41, 5.74) is 1.51. The molecule has 1 saturated heterocycles. The van der Waals surface area contributed by atoms with Crippen LogP contribution in [0.1, 0.15) is 26.9 Å². The van der Waals surface area contributed by atoms with Crippen LogP contribution in [0.2, 0.25) is 0 Å². The fourth-order valence-electron chi connectivity index (χ4n) is 2.33. The minimum atomic E-state index is -0.199. The summed E-state index contributed by atoms with van der Waals surface area (Å²) in [4.78, 5) is 23.7. The number of carbonyl (C=O) groups excluding carboxylic acids is 1. The van der Waals surface area contributed by atoms with Crippen LogP contribution in [0.4, 0.5) is 5.82 Å². The summed E-state index contributed by atoms with van der Waals surface area (Å²) < 4.78 is 9.13. The number of anilines is 1. The Hall–Kier alpha value is -2.13. The topological polar surface area (TPSA) is 93.1 Å². The molecule has 0 bridgehead atoms. The van der Waals surface area contributed by atoms with E-state index in [2.05, 4.69) is 29.8 Å². The molecule has 8 nitrogen and oxygen atoms in total. The van der Waals surface area contributed by atoms with Gasteiger partial charge in [0, 0.05) is 24.8 Å². The molecule has 0 saturated carbocycles. The molecule has 1 amide bonds. The van der Waals surface area contributed by atoms with Crippen molar-refractivity contribution in [2.75, 3.05) is 31.2 Å². The maximum Gasteiger partial charge on any atom is 0.265 e. The first-order valence-electron chi connectivity index (χ1n) is 7.38. The number of hydrogen-bond acceptors (Lipinski definition) is 8. The van der Waals surface area contributed by atoms with Crippen molar-refractivity contribution in [1.82, 2.24) is 24.9 Å². The second kappa shape index (κ2) is 6.97. The lowest BCUT2D eigenvalue weighted by molar-refractivity contribution is 0.0953. The standard InChI is InChI=1S/C14H18N6O2S/c1-9-7-12(20-3-5-22-6-4-20)17-11(16-9)8-15-14(21)13-10(2)18-19-23-13/h7H,3-6,8H2,1-2H3,(H,15,21). The quantitative estimate of drug-likeness (QED) is 0.880. The van der Waals surface area contributed by atoms with Crippen LogP contribution in [-0.4, -0.2) is 51.8 Å². The van der Waals surface area contributed by atoms with Gasteiger partial charge in [-0.25, -0.2) is 9.97 Å². The maximum atomic E-state index is 12.1. The molecule has 0 spiro atoms. The fraction of sp³-hybridized carbons (Fsp3) is 0.500. The van der Waals surface area contributed by atoms with Crippen LogP contribution >= 0.6 is 11.5 Å². The lowest BCUT2D eigenvalue weighted by Crippen LogP contribution is -2.37.